The summed E-state index contributed by atoms with van der Waals surface area (Å²) in [6, 6.07) is 9.73. The SMILES string of the molecule is O=C(Nc1ccccc1)C(=S)NC1CCCC1. The molecule has 17 heavy (non-hydrogen) atoms. The summed E-state index contributed by atoms with van der Waals surface area (Å²) in [5.74, 6) is -0.224. The first kappa shape index (κ1) is 12.0. The second-order valence-electron chi connectivity index (χ2n) is 4.27. The molecule has 0 bridgehead atoms. The van der Waals surface area contributed by atoms with E-state index in [1.807, 2.05) is 30.3 Å². The predicted octanol–water partition coefficient (Wildman–Crippen LogP) is 2.48. The van der Waals surface area contributed by atoms with Crippen LogP contribution >= 0.6 is 12.2 Å². The topological polar surface area (TPSA) is 41.1 Å². The van der Waals surface area contributed by atoms with Crippen molar-refractivity contribution in [2.24, 2.45) is 0 Å². The Morgan fingerprint density at radius 3 is 2.47 bits per heavy atom. The molecule has 1 aliphatic carbocycles. The molecule has 1 amide bonds. The summed E-state index contributed by atoms with van der Waals surface area (Å²) in [6.45, 7) is 0. The number of hydrogen-bond acceptors (Lipinski definition) is 2. The van der Waals surface area contributed by atoms with Gasteiger partial charge in [-0.1, -0.05) is 43.3 Å². The highest BCUT2D eigenvalue weighted by molar-refractivity contribution is 7.82. The molecule has 1 aromatic carbocycles. The Kier molecular flexibility index (Phi) is 4.09. The fraction of sp³-hybridized carbons (Fsp3) is 0.385. The number of amides is 1. The third kappa shape index (κ3) is 3.53. The van der Waals surface area contributed by atoms with Crippen LogP contribution in [0.25, 0.3) is 0 Å². The van der Waals surface area contributed by atoms with Gasteiger partial charge in [-0.25, -0.2) is 0 Å². The average Bonchev–Trinajstić information content (AvgIpc) is 2.83. The van der Waals surface area contributed by atoms with E-state index in [4.69, 9.17) is 12.2 Å². The van der Waals surface area contributed by atoms with Crippen molar-refractivity contribution in [2.45, 2.75) is 31.7 Å². The van der Waals surface area contributed by atoms with E-state index in [0.29, 0.717) is 11.0 Å². The number of anilines is 1. The number of para-hydroxylation sites is 1. The molecule has 0 atom stereocenters. The van der Waals surface area contributed by atoms with Crippen LogP contribution in [0, 0.1) is 0 Å². The van der Waals surface area contributed by atoms with Gasteiger partial charge in [0.1, 0.15) is 0 Å². The third-order valence-corrected chi connectivity index (χ3v) is 3.23. The van der Waals surface area contributed by atoms with E-state index in [1.165, 1.54) is 12.8 Å². The van der Waals surface area contributed by atoms with E-state index in [2.05, 4.69) is 10.6 Å². The lowest BCUT2D eigenvalue weighted by Gasteiger charge is -2.13. The number of hydrogen-bond donors (Lipinski definition) is 2. The molecule has 1 fully saturated rings. The molecule has 0 radical (unpaired) electrons. The van der Waals surface area contributed by atoms with E-state index in [1.54, 1.807) is 0 Å². The smallest absolute Gasteiger partial charge is 0.283 e. The van der Waals surface area contributed by atoms with Gasteiger partial charge in [0, 0.05) is 11.7 Å². The van der Waals surface area contributed by atoms with Gasteiger partial charge < -0.3 is 10.6 Å². The highest BCUT2D eigenvalue weighted by atomic mass is 32.1. The van der Waals surface area contributed by atoms with E-state index < -0.39 is 0 Å². The molecule has 0 unspecified atom stereocenters. The largest absolute Gasteiger partial charge is 0.369 e. The molecule has 2 N–H and O–H groups in total. The van der Waals surface area contributed by atoms with Gasteiger partial charge >= 0.3 is 0 Å². The van der Waals surface area contributed by atoms with E-state index in [-0.39, 0.29) is 5.91 Å². The van der Waals surface area contributed by atoms with Gasteiger partial charge in [-0.05, 0) is 25.0 Å². The molecule has 4 heteroatoms. The number of thiocarbonyl (C=S) groups is 1. The lowest BCUT2D eigenvalue weighted by atomic mass is 10.2. The summed E-state index contributed by atoms with van der Waals surface area (Å²) in [5, 5.41) is 5.89. The van der Waals surface area contributed by atoms with Crippen LogP contribution in [0.2, 0.25) is 0 Å². The van der Waals surface area contributed by atoms with Gasteiger partial charge in [-0.15, -0.1) is 0 Å². The average molecular weight is 248 g/mol. The van der Waals surface area contributed by atoms with E-state index in [0.717, 1.165) is 18.5 Å². The molecule has 1 saturated carbocycles. The van der Waals surface area contributed by atoms with Crippen molar-refractivity contribution in [3.05, 3.63) is 30.3 Å². The summed E-state index contributed by atoms with van der Waals surface area (Å²) >= 11 is 5.09. The Morgan fingerprint density at radius 2 is 1.82 bits per heavy atom. The summed E-state index contributed by atoms with van der Waals surface area (Å²) in [5.41, 5.74) is 0.771. The molecule has 1 aliphatic rings. The number of rotatable bonds is 2. The van der Waals surface area contributed by atoms with Crippen LogP contribution in [0.5, 0.6) is 0 Å². The predicted molar refractivity (Wildman–Crippen MR) is 73.1 cm³/mol. The van der Waals surface area contributed by atoms with Crippen molar-refractivity contribution < 1.29 is 4.79 Å². The second-order valence-corrected chi connectivity index (χ2v) is 4.68. The Hall–Kier alpha value is -1.42. The Morgan fingerprint density at radius 1 is 1.18 bits per heavy atom. The first-order valence-corrected chi connectivity index (χ1v) is 6.33. The molecule has 0 aliphatic heterocycles. The van der Waals surface area contributed by atoms with Gasteiger partial charge in [-0.2, -0.15) is 0 Å². The van der Waals surface area contributed by atoms with Crippen LogP contribution in [0.4, 0.5) is 5.69 Å². The monoisotopic (exact) mass is 248 g/mol. The van der Waals surface area contributed by atoms with Crippen LogP contribution in [-0.2, 0) is 4.79 Å². The number of carbonyl (C=O) groups is 1. The van der Waals surface area contributed by atoms with Gasteiger partial charge in [-0.3, -0.25) is 4.79 Å². The fourth-order valence-corrected chi connectivity index (χ4v) is 2.25. The summed E-state index contributed by atoms with van der Waals surface area (Å²) in [6.07, 6.45) is 4.67. The van der Waals surface area contributed by atoms with Gasteiger partial charge in [0.15, 0.2) is 4.99 Å². The maximum atomic E-state index is 11.8. The Balaban J connectivity index is 1.85. The van der Waals surface area contributed by atoms with Crippen molar-refractivity contribution in [3.8, 4) is 0 Å². The van der Waals surface area contributed by atoms with E-state index >= 15 is 0 Å². The standard InChI is InChI=1S/C13H16N2OS/c16-12(14-10-6-2-1-3-7-10)13(17)15-11-8-4-5-9-11/h1-3,6-7,11H,4-5,8-9H2,(H,14,16)(H,15,17). The quantitative estimate of drug-likeness (QED) is 0.790. The molecule has 0 saturated heterocycles. The van der Waals surface area contributed by atoms with Gasteiger partial charge in [0.25, 0.3) is 5.91 Å². The lowest BCUT2D eigenvalue weighted by molar-refractivity contribution is -0.110. The molecular weight excluding hydrogens is 232 g/mol. The lowest BCUT2D eigenvalue weighted by Crippen LogP contribution is -2.39. The highest BCUT2D eigenvalue weighted by Crippen LogP contribution is 2.17. The zero-order valence-electron chi connectivity index (χ0n) is 9.61. The maximum Gasteiger partial charge on any atom is 0.283 e. The van der Waals surface area contributed by atoms with Crippen molar-refractivity contribution >= 4 is 28.8 Å². The summed E-state index contributed by atoms with van der Waals surface area (Å²) in [4.78, 5) is 12.1. The van der Waals surface area contributed by atoms with Crippen molar-refractivity contribution in [1.29, 1.82) is 0 Å². The summed E-state index contributed by atoms with van der Waals surface area (Å²) < 4.78 is 0. The van der Waals surface area contributed by atoms with Gasteiger partial charge in [0.2, 0.25) is 0 Å². The van der Waals surface area contributed by atoms with Crippen LogP contribution in [0.3, 0.4) is 0 Å². The zero-order valence-corrected chi connectivity index (χ0v) is 10.4. The number of benzene rings is 1. The third-order valence-electron chi connectivity index (χ3n) is 2.93. The molecule has 0 aromatic heterocycles. The van der Waals surface area contributed by atoms with Crippen LogP contribution in [0.1, 0.15) is 25.7 Å². The van der Waals surface area contributed by atoms with E-state index in [9.17, 15) is 4.79 Å². The number of nitrogens with one attached hydrogen (secondary N) is 2. The van der Waals surface area contributed by atoms with Crippen molar-refractivity contribution in [1.82, 2.24) is 5.32 Å². The molecule has 3 nitrogen and oxygen atoms in total. The Bertz CT molecular complexity index is 399. The minimum Gasteiger partial charge on any atom is -0.369 e. The summed E-state index contributed by atoms with van der Waals surface area (Å²) in [7, 11) is 0. The minimum atomic E-state index is -0.224. The normalized spacial score (nSPS) is 15.5. The fourth-order valence-electron chi connectivity index (χ4n) is 2.03. The second kappa shape index (κ2) is 5.77. The Labute approximate surface area is 107 Å². The van der Waals surface area contributed by atoms with Crippen LogP contribution in [0.15, 0.2) is 30.3 Å². The highest BCUT2D eigenvalue weighted by Gasteiger charge is 2.18. The molecule has 90 valence electrons. The minimum absolute atomic E-state index is 0.224. The molecule has 0 spiro atoms. The van der Waals surface area contributed by atoms with Crippen LogP contribution in [-0.4, -0.2) is 16.9 Å². The zero-order chi connectivity index (χ0) is 12.1. The van der Waals surface area contributed by atoms with Crippen molar-refractivity contribution in [3.63, 3.8) is 0 Å². The van der Waals surface area contributed by atoms with Gasteiger partial charge in [0.05, 0.1) is 0 Å². The first-order valence-electron chi connectivity index (χ1n) is 5.92. The first-order chi connectivity index (χ1) is 8.25. The molecular formula is C13H16N2OS. The molecule has 2 rings (SSSR count). The van der Waals surface area contributed by atoms with Crippen LogP contribution < -0.4 is 10.6 Å². The number of carbonyl (C=O) groups excluding carboxylic acids is 1. The van der Waals surface area contributed by atoms with Crippen molar-refractivity contribution in [2.75, 3.05) is 5.32 Å². The molecule has 0 heterocycles. The maximum absolute atomic E-state index is 11.8. The molecule has 1 aromatic rings.